The fraction of sp³-hybridized carbons (Fsp3) is 0.531. The van der Waals surface area contributed by atoms with Gasteiger partial charge in [0.05, 0.1) is 13.5 Å². The molecular weight excluding hydrogens is 426 g/mol. The maximum absolute atomic E-state index is 2.59. The second kappa shape index (κ2) is 8.93. The molecule has 0 N–H and O–H groups in total. The molecule has 1 aromatic heterocycles. The van der Waals surface area contributed by atoms with E-state index in [0.717, 1.165) is 5.92 Å². The Morgan fingerprint density at radius 3 is 2.09 bits per heavy atom. The summed E-state index contributed by atoms with van der Waals surface area (Å²) in [6.45, 7) is 19.6. The number of benzene rings is 2. The smallest absolute Gasteiger partial charge is 0.200 e. The van der Waals surface area contributed by atoms with Gasteiger partial charge in [-0.25, -0.2) is 4.57 Å². The number of pyridine rings is 1. The molecule has 0 atom stereocenters. The van der Waals surface area contributed by atoms with Crippen molar-refractivity contribution in [3.63, 3.8) is 0 Å². The van der Waals surface area contributed by atoms with Crippen LogP contribution in [0.5, 0.6) is 0 Å². The first-order valence-electron chi connectivity index (χ1n) is 13.4. The van der Waals surface area contributed by atoms with Crippen molar-refractivity contribution in [3.05, 3.63) is 59.8 Å². The first-order chi connectivity index (χ1) is 15.8. The molecule has 0 aliphatic heterocycles. The molecule has 34 heavy (non-hydrogen) atoms. The Balaban J connectivity index is 1.89. The zero-order valence-electron chi connectivity index (χ0n) is 23.2. The first kappa shape index (κ1) is 25.2. The summed E-state index contributed by atoms with van der Waals surface area (Å²) in [5, 5.41) is 4.89. The second-order valence-electron chi connectivity index (χ2n) is 13.1. The number of aryl methyl sites for hydroxylation is 2. The second-order valence-corrected chi connectivity index (χ2v) is 18.9. The number of hydrogen-bond donors (Lipinski definition) is 0. The zero-order chi connectivity index (χ0) is 24.9. The molecule has 2 heteroatoms. The molecule has 0 radical (unpaired) electrons. The quantitative estimate of drug-likeness (QED) is 0.265. The normalized spacial score (nSPS) is 16.3. The Labute approximate surface area is 209 Å². The molecule has 3 aromatic rings. The van der Waals surface area contributed by atoms with E-state index in [-0.39, 0.29) is 10.1 Å². The van der Waals surface area contributed by atoms with Gasteiger partial charge in [-0.2, -0.15) is 0 Å². The van der Waals surface area contributed by atoms with Gasteiger partial charge in [-0.15, -0.1) is 0 Å². The molecular formula is C32H46NSi+. The predicted molar refractivity (Wildman–Crippen MR) is 152 cm³/mol. The van der Waals surface area contributed by atoms with Gasteiger partial charge >= 0.3 is 0 Å². The molecule has 2 aromatic carbocycles. The minimum absolute atomic E-state index is 0.284. The Hall–Kier alpha value is -1.93. The summed E-state index contributed by atoms with van der Waals surface area (Å²) in [4.78, 5) is 0. The summed E-state index contributed by atoms with van der Waals surface area (Å²) in [6.07, 6.45) is 9.11. The third kappa shape index (κ3) is 4.28. The molecule has 0 saturated heterocycles. The lowest BCUT2D eigenvalue weighted by atomic mass is 9.82. The highest BCUT2D eigenvalue weighted by atomic mass is 28.3. The third-order valence-electron chi connectivity index (χ3n) is 9.31. The number of aromatic nitrogens is 1. The summed E-state index contributed by atoms with van der Waals surface area (Å²) in [6, 6.07) is 17.0. The zero-order valence-corrected chi connectivity index (χ0v) is 24.2. The number of nitrogens with zero attached hydrogens (tertiary/aromatic N) is 1. The summed E-state index contributed by atoms with van der Waals surface area (Å²) in [5.74, 6) is 0.727. The molecule has 1 fully saturated rings. The van der Waals surface area contributed by atoms with Gasteiger partial charge in [0.2, 0.25) is 5.69 Å². The summed E-state index contributed by atoms with van der Waals surface area (Å²) < 4.78 is 2.33. The molecule has 1 nitrogen and oxygen atoms in total. The SMILES string of the molecule is Cc1ccc(C2CCCCC2)cc1-c1c2ccc([Si](C)(C(C)(C)C)C(C)(C)C)cc2cc[n+]1C. The van der Waals surface area contributed by atoms with Crippen molar-refractivity contribution in [3.8, 4) is 11.3 Å². The summed E-state index contributed by atoms with van der Waals surface area (Å²) in [7, 11) is 0.401. The Morgan fingerprint density at radius 2 is 1.47 bits per heavy atom. The lowest BCUT2D eigenvalue weighted by molar-refractivity contribution is -0.659. The van der Waals surface area contributed by atoms with Crippen molar-refractivity contribution < 1.29 is 4.57 Å². The van der Waals surface area contributed by atoms with Gasteiger partial charge in [-0.3, -0.25) is 0 Å². The van der Waals surface area contributed by atoms with E-state index in [1.165, 1.54) is 65.3 Å². The van der Waals surface area contributed by atoms with Crippen LogP contribution in [-0.2, 0) is 7.05 Å². The van der Waals surface area contributed by atoms with E-state index < -0.39 is 8.07 Å². The van der Waals surface area contributed by atoms with Gasteiger partial charge in [0, 0.05) is 11.6 Å². The van der Waals surface area contributed by atoms with Crippen molar-refractivity contribution >= 4 is 24.0 Å². The fourth-order valence-electron chi connectivity index (χ4n) is 6.59. The third-order valence-corrected chi connectivity index (χ3v) is 16.8. The fourth-order valence-corrected chi connectivity index (χ4v) is 11.4. The molecule has 0 amide bonds. The van der Waals surface area contributed by atoms with Crippen LogP contribution in [0, 0.1) is 6.92 Å². The number of hydrogen-bond acceptors (Lipinski definition) is 0. The standard InChI is InChI=1S/C32H46NSi/c1-23-15-16-25(24-13-11-10-12-14-24)22-29(23)30-28-18-17-27(21-26(28)19-20-33(30)8)34(9,31(2,3)4)32(5,6)7/h15-22,24H,10-14H2,1-9H3/q+1. The average Bonchev–Trinajstić information content (AvgIpc) is 2.78. The van der Waals surface area contributed by atoms with Crippen LogP contribution in [0.15, 0.2) is 48.7 Å². The minimum Gasteiger partial charge on any atom is -0.200 e. The summed E-state index contributed by atoms with van der Waals surface area (Å²) in [5.41, 5.74) is 5.66. The Morgan fingerprint density at radius 1 is 0.824 bits per heavy atom. The molecule has 0 unspecified atom stereocenters. The maximum atomic E-state index is 2.59. The van der Waals surface area contributed by atoms with Crippen molar-refractivity contribution in [2.75, 3.05) is 0 Å². The molecule has 1 saturated carbocycles. The first-order valence-corrected chi connectivity index (χ1v) is 15.9. The van der Waals surface area contributed by atoms with E-state index in [1.54, 1.807) is 5.19 Å². The number of fused-ring (bicyclic) bond motifs is 1. The van der Waals surface area contributed by atoms with E-state index in [1.807, 2.05) is 0 Å². The van der Waals surface area contributed by atoms with Gasteiger partial charge in [0.15, 0.2) is 6.20 Å². The van der Waals surface area contributed by atoms with Crippen LogP contribution in [0.25, 0.3) is 22.0 Å². The van der Waals surface area contributed by atoms with Gasteiger partial charge in [-0.1, -0.05) is 96.8 Å². The molecule has 0 spiro atoms. The van der Waals surface area contributed by atoms with Gasteiger partial charge < -0.3 is 0 Å². The molecule has 1 aliphatic carbocycles. The Kier molecular flexibility index (Phi) is 6.61. The highest BCUT2D eigenvalue weighted by molar-refractivity contribution is 6.95. The topological polar surface area (TPSA) is 3.88 Å². The van der Waals surface area contributed by atoms with Crippen molar-refractivity contribution in [2.45, 2.75) is 103 Å². The van der Waals surface area contributed by atoms with E-state index in [2.05, 4.69) is 115 Å². The van der Waals surface area contributed by atoms with Crippen molar-refractivity contribution in [1.29, 1.82) is 0 Å². The van der Waals surface area contributed by atoms with Crippen LogP contribution in [0.2, 0.25) is 16.6 Å². The van der Waals surface area contributed by atoms with Crippen LogP contribution in [0.1, 0.15) is 90.7 Å². The lowest BCUT2D eigenvalue weighted by Crippen LogP contribution is -2.58. The van der Waals surface area contributed by atoms with Crippen LogP contribution in [0.4, 0.5) is 0 Å². The minimum atomic E-state index is -1.81. The maximum Gasteiger partial charge on any atom is 0.220 e. The van der Waals surface area contributed by atoms with Crippen molar-refractivity contribution in [2.24, 2.45) is 7.05 Å². The van der Waals surface area contributed by atoms with Gasteiger partial charge in [-0.05, 0) is 64.4 Å². The molecule has 0 bridgehead atoms. The molecule has 182 valence electrons. The summed E-state index contributed by atoms with van der Waals surface area (Å²) >= 11 is 0. The van der Waals surface area contributed by atoms with E-state index >= 15 is 0 Å². The van der Waals surface area contributed by atoms with E-state index in [4.69, 9.17) is 0 Å². The van der Waals surface area contributed by atoms with E-state index in [9.17, 15) is 0 Å². The molecule has 4 rings (SSSR count). The highest BCUT2D eigenvalue weighted by Crippen LogP contribution is 2.50. The molecule has 1 aliphatic rings. The highest BCUT2D eigenvalue weighted by Gasteiger charge is 2.50. The Bertz CT molecular complexity index is 1170. The largest absolute Gasteiger partial charge is 0.220 e. The van der Waals surface area contributed by atoms with Crippen LogP contribution >= 0.6 is 0 Å². The lowest BCUT2D eigenvalue weighted by Gasteiger charge is -2.50. The van der Waals surface area contributed by atoms with Gasteiger partial charge in [0.25, 0.3) is 0 Å². The molecule has 1 heterocycles. The van der Waals surface area contributed by atoms with E-state index in [0.29, 0.717) is 0 Å². The number of rotatable bonds is 3. The van der Waals surface area contributed by atoms with Gasteiger partial charge in [0.1, 0.15) is 7.05 Å². The van der Waals surface area contributed by atoms with Crippen molar-refractivity contribution in [1.82, 2.24) is 0 Å². The van der Waals surface area contributed by atoms with Crippen LogP contribution < -0.4 is 9.75 Å². The van der Waals surface area contributed by atoms with Crippen LogP contribution in [-0.4, -0.2) is 8.07 Å². The van der Waals surface area contributed by atoms with Crippen LogP contribution in [0.3, 0.4) is 0 Å². The predicted octanol–water partition coefficient (Wildman–Crippen LogP) is 8.57. The monoisotopic (exact) mass is 472 g/mol. The average molecular weight is 473 g/mol.